The summed E-state index contributed by atoms with van der Waals surface area (Å²) in [6.07, 6.45) is 0. The lowest BCUT2D eigenvalue weighted by Gasteiger charge is -2.35. The number of hydrogen-bond acceptors (Lipinski definition) is 3. The molecule has 80 valence electrons. The van der Waals surface area contributed by atoms with E-state index in [4.69, 9.17) is 5.73 Å². The molecular weight excluding hydrogens is 196 g/mol. The molecule has 0 spiro atoms. The Morgan fingerprint density at radius 1 is 1.57 bits per heavy atom. The maximum Gasteiger partial charge on any atom is 0.237 e. The number of hydrogen-bond donors (Lipinski definition) is 1. The molecule has 1 rings (SSSR count). The van der Waals surface area contributed by atoms with Crippen molar-refractivity contribution in [2.75, 3.05) is 12.3 Å². The topological polar surface area (TPSA) is 46.3 Å². The molecule has 0 saturated heterocycles. The first kappa shape index (κ1) is 11.6. The van der Waals surface area contributed by atoms with Gasteiger partial charge in [0, 0.05) is 18.3 Å². The van der Waals surface area contributed by atoms with E-state index in [1.807, 2.05) is 11.8 Å². The van der Waals surface area contributed by atoms with Gasteiger partial charge in [0.05, 0.1) is 5.75 Å². The van der Waals surface area contributed by atoms with Gasteiger partial charge in [-0.2, -0.15) is 0 Å². The molecule has 4 heteroatoms. The summed E-state index contributed by atoms with van der Waals surface area (Å²) in [6.45, 7) is 6.70. The van der Waals surface area contributed by atoms with Gasteiger partial charge in [-0.25, -0.2) is 0 Å². The Labute approximate surface area is 89.7 Å². The van der Waals surface area contributed by atoms with Gasteiger partial charge in [0.2, 0.25) is 5.91 Å². The molecular formula is C10H18N2OS. The van der Waals surface area contributed by atoms with E-state index in [0.29, 0.717) is 18.2 Å². The van der Waals surface area contributed by atoms with E-state index in [-0.39, 0.29) is 11.9 Å². The summed E-state index contributed by atoms with van der Waals surface area (Å²) >= 11 is 1.58. The first-order valence-corrected chi connectivity index (χ1v) is 5.96. The molecule has 1 aliphatic rings. The second-order valence-corrected chi connectivity index (χ2v) is 4.71. The smallest absolute Gasteiger partial charge is 0.237 e. The molecule has 0 bridgehead atoms. The number of thioether (sulfide) groups is 1. The van der Waals surface area contributed by atoms with E-state index < -0.39 is 0 Å². The number of rotatable bonds is 3. The minimum absolute atomic E-state index is 0.108. The van der Waals surface area contributed by atoms with Crippen LogP contribution in [-0.2, 0) is 4.79 Å². The Morgan fingerprint density at radius 2 is 2.21 bits per heavy atom. The molecule has 1 amide bonds. The molecule has 0 aromatic rings. The van der Waals surface area contributed by atoms with Crippen LogP contribution in [0.5, 0.6) is 0 Å². The zero-order valence-corrected chi connectivity index (χ0v) is 9.80. The third-order valence-corrected chi connectivity index (χ3v) is 3.15. The minimum atomic E-state index is 0.108. The highest BCUT2D eigenvalue weighted by Crippen LogP contribution is 2.27. The van der Waals surface area contributed by atoms with Crippen molar-refractivity contribution >= 4 is 17.7 Å². The van der Waals surface area contributed by atoms with Crippen LogP contribution in [0.1, 0.15) is 20.8 Å². The summed E-state index contributed by atoms with van der Waals surface area (Å²) in [5.74, 6) is 1.10. The predicted octanol–water partition coefficient (Wildman–Crippen LogP) is 1.41. The number of allylic oxidation sites excluding steroid dienone is 1. The third-order valence-electron chi connectivity index (χ3n) is 2.33. The lowest BCUT2D eigenvalue weighted by Crippen LogP contribution is -2.45. The lowest BCUT2D eigenvalue weighted by molar-refractivity contribution is -0.128. The molecule has 1 aliphatic heterocycles. The lowest BCUT2D eigenvalue weighted by atomic mass is 10.1. The zero-order chi connectivity index (χ0) is 10.7. The number of carbonyl (C=O) groups excluding carboxylic acids is 1. The van der Waals surface area contributed by atoms with E-state index in [0.717, 1.165) is 5.70 Å². The second-order valence-electron chi connectivity index (χ2n) is 3.86. The fourth-order valence-electron chi connectivity index (χ4n) is 1.49. The molecule has 0 fully saturated rings. The highest BCUT2D eigenvalue weighted by atomic mass is 32.2. The Hall–Kier alpha value is -0.480. The van der Waals surface area contributed by atoms with E-state index >= 15 is 0 Å². The standard InChI is InChI=1S/C10H18N2OS/c1-7(2)9-5-14-6-10(13)12(9)8(3)4-11/h5,7-8H,4,6,11H2,1-3H3. The Kier molecular flexibility index (Phi) is 4.01. The van der Waals surface area contributed by atoms with Gasteiger partial charge in [-0.05, 0) is 18.2 Å². The van der Waals surface area contributed by atoms with Crippen LogP contribution < -0.4 is 5.73 Å². The Morgan fingerprint density at radius 3 is 2.71 bits per heavy atom. The molecule has 14 heavy (non-hydrogen) atoms. The third kappa shape index (κ3) is 2.30. The fraction of sp³-hybridized carbons (Fsp3) is 0.700. The number of carbonyl (C=O) groups is 1. The van der Waals surface area contributed by atoms with Crippen LogP contribution in [-0.4, -0.2) is 29.1 Å². The highest BCUT2D eigenvalue weighted by molar-refractivity contribution is 8.02. The number of amides is 1. The van der Waals surface area contributed by atoms with Gasteiger partial charge in [0.1, 0.15) is 0 Å². The SMILES string of the molecule is CC(C)C1=CSCC(=O)N1C(C)CN. The van der Waals surface area contributed by atoms with E-state index in [2.05, 4.69) is 19.3 Å². The van der Waals surface area contributed by atoms with Gasteiger partial charge in [-0.3, -0.25) is 4.79 Å². The van der Waals surface area contributed by atoms with Crippen LogP contribution in [0.4, 0.5) is 0 Å². The molecule has 0 aliphatic carbocycles. The van der Waals surface area contributed by atoms with Crippen molar-refractivity contribution in [1.29, 1.82) is 0 Å². The first-order valence-electron chi connectivity index (χ1n) is 4.91. The van der Waals surface area contributed by atoms with Gasteiger partial charge in [0.15, 0.2) is 0 Å². The van der Waals surface area contributed by atoms with Crippen molar-refractivity contribution in [3.63, 3.8) is 0 Å². The second kappa shape index (κ2) is 4.84. The normalized spacial score (nSPS) is 19.9. The molecule has 3 nitrogen and oxygen atoms in total. The van der Waals surface area contributed by atoms with Gasteiger partial charge < -0.3 is 10.6 Å². The van der Waals surface area contributed by atoms with Crippen LogP contribution >= 0.6 is 11.8 Å². The van der Waals surface area contributed by atoms with Crippen molar-refractivity contribution in [3.05, 3.63) is 11.1 Å². The van der Waals surface area contributed by atoms with Crippen molar-refractivity contribution < 1.29 is 4.79 Å². The van der Waals surface area contributed by atoms with Crippen molar-refractivity contribution in [3.8, 4) is 0 Å². The molecule has 2 N–H and O–H groups in total. The van der Waals surface area contributed by atoms with Gasteiger partial charge >= 0.3 is 0 Å². The first-order chi connectivity index (χ1) is 6.57. The summed E-state index contributed by atoms with van der Waals surface area (Å²) in [4.78, 5) is 13.6. The molecule has 0 saturated carbocycles. The van der Waals surface area contributed by atoms with Crippen molar-refractivity contribution in [1.82, 2.24) is 4.90 Å². The highest BCUT2D eigenvalue weighted by Gasteiger charge is 2.27. The number of nitrogens with zero attached hydrogens (tertiary/aromatic N) is 1. The average Bonchev–Trinajstić information content (AvgIpc) is 2.16. The average molecular weight is 214 g/mol. The summed E-state index contributed by atoms with van der Waals surface area (Å²) < 4.78 is 0. The van der Waals surface area contributed by atoms with Gasteiger partial charge in [-0.15, -0.1) is 11.8 Å². The van der Waals surface area contributed by atoms with E-state index in [1.165, 1.54) is 0 Å². The quantitative estimate of drug-likeness (QED) is 0.772. The van der Waals surface area contributed by atoms with Crippen LogP contribution in [0.3, 0.4) is 0 Å². The summed E-state index contributed by atoms with van der Waals surface area (Å²) in [5.41, 5.74) is 6.70. The van der Waals surface area contributed by atoms with Crippen LogP contribution in [0, 0.1) is 5.92 Å². The Balaban J connectivity index is 2.89. The summed E-state index contributed by atoms with van der Waals surface area (Å²) in [7, 11) is 0. The molecule has 0 aromatic heterocycles. The Bertz CT molecular complexity index is 251. The van der Waals surface area contributed by atoms with E-state index in [1.54, 1.807) is 11.8 Å². The molecule has 0 aromatic carbocycles. The van der Waals surface area contributed by atoms with Crippen molar-refractivity contribution in [2.45, 2.75) is 26.8 Å². The number of nitrogens with two attached hydrogens (primary N) is 1. The predicted molar refractivity (Wildman–Crippen MR) is 60.7 cm³/mol. The van der Waals surface area contributed by atoms with Crippen molar-refractivity contribution in [2.24, 2.45) is 11.7 Å². The molecule has 1 unspecified atom stereocenters. The van der Waals surface area contributed by atoms with Crippen LogP contribution in [0.25, 0.3) is 0 Å². The zero-order valence-electron chi connectivity index (χ0n) is 8.99. The monoisotopic (exact) mass is 214 g/mol. The largest absolute Gasteiger partial charge is 0.328 e. The maximum absolute atomic E-state index is 11.7. The minimum Gasteiger partial charge on any atom is -0.328 e. The molecule has 1 heterocycles. The maximum atomic E-state index is 11.7. The van der Waals surface area contributed by atoms with Crippen LogP contribution in [0.15, 0.2) is 11.1 Å². The molecule has 0 radical (unpaired) electrons. The summed E-state index contributed by atoms with van der Waals surface area (Å²) in [6, 6.07) is 0.108. The van der Waals surface area contributed by atoms with E-state index in [9.17, 15) is 4.79 Å². The fourth-order valence-corrected chi connectivity index (χ4v) is 2.41. The van der Waals surface area contributed by atoms with Gasteiger partial charge in [0.25, 0.3) is 0 Å². The van der Waals surface area contributed by atoms with Gasteiger partial charge in [-0.1, -0.05) is 13.8 Å². The molecule has 1 atom stereocenters. The summed E-state index contributed by atoms with van der Waals surface area (Å²) in [5, 5.41) is 2.08. The van der Waals surface area contributed by atoms with Crippen LogP contribution in [0.2, 0.25) is 0 Å².